The summed E-state index contributed by atoms with van der Waals surface area (Å²) in [6.07, 6.45) is 0. The number of ether oxygens (including phenoxy) is 1. The van der Waals surface area contributed by atoms with Crippen molar-refractivity contribution < 1.29 is 17.9 Å². The summed E-state index contributed by atoms with van der Waals surface area (Å²) >= 11 is 0. The molecule has 3 rings (SSSR count). The highest BCUT2D eigenvalue weighted by atomic mass is 32.2. The van der Waals surface area contributed by atoms with Gasteiger partial charge in [-0.2, -0.15) is 0 Å². The highest BCUT2D eigenvalue weighted by Crippen LogP contribution is 2.25. The Kier molecular flexibility index (Phi) is 6.42. The van der Waals surface area contributed by atoms with Gasteiger partial charge in [-0.15, -0.1) is 0 Å². The van der Waals surface area contributed by atoms with Crippen molar-refractivity contribution in [3.8, 4) is 5.75 Å². The zero-order valence-electron chi connectivity index (χ0n) is 17.0. The number of hydrogen-bond acceptors (Lipinski definition) is 4. The van der Waals surface area contributed by atoms with E-state index in [1.807, 2.05) is 31.2 Å². The molecule has 0 saturated carbocycles. The van der Waals surface area contributed by atoms with Crippen LogP contribution in [0.3, 0.4) is 0 Å². The number of para-hydroxylation sites is 1. The Balaban J connectivity index is 1.75. The zero-order chi connectivity index (χ0) is 21.7. The van der Waals surface area contributed by atoms with Crippen molar-refractivity contribution >= 4 is 21.6 Å². The quantitative estimate of drug-likeness (QED) is 0.592. The molecule has 156 valence electrons. The minimum Gasteiger partial charge on any atom is -0.496 e. The molecule has 3 aromatic rings. The van der Waals surface area contributed by atoms with E-state index >= 15 is 0 Å². The van der Waals surface area contributed by atoms with Crippen LogP contribution in [0.2, 0.25) is 0 Å². The molecular formula is C23H24N2O4S. The van der Waals surface area contributed by atoms with E-state index in [4.69, 9.17) is 4.74 Å². The fourth-order valence-electron chi connectivity index (χ4n) is 3.10. The Morgan fingerprint density at radius 2 is 1.63 bits per heavy atom. The summed E-state index contributed by atoms with van der Waals surface area (Å²) in [7, 11) is -2.11. The number of rotatable bonds is 7. The van der Waals surface area contributed by atoms with Gasteiger partial charge >= 0.3 is 0 Å². The first kappa shape index (κ1) is 21.4. The van der Waals surface area contributed by atoms with E-state index in [2.05, 4.69) is 10.0 Å². The van der Waals surface area contributed by atoms with Gasteiger partial charge in [0, 0.05) is 11.1 Å². The van der Waals surface area contributed by atoms with Gasteiger partial charge in [0.1, 0.15) is 5.75 Å². The van der Waals surface area contributed by atoms with Crippen molar-refractivity contribution in [3.05, 3.63) is 89.5 Å². The normalized spacial score (nSPS) is 12.1. The van der Waals surface area contributed by atoms with Crippen LogP contribution in [0.5, 0.6) is 5.75 Å². The van der Waals surface area contributed by atoms with E-state index in [0.717, 1.165) is 5.56 Å². The molecule has 0 unspecified atom stereocenters. The summed E-state index contributed by atoms with van der Waals surface area (Å²) in [5, 5.41) is 2.95. The van der Waals surface area contributed by atoms with E-state index in [0.29, 0.717) is 22.6 Å². The number of benzene rings is 3. The van der Waals surface area contributed by atoms with Crippen LogP contribution in [-0.2, 0) is 10.0 Å². The molecular weight excluding hydrogens is 400 g/mol. The summed E-state index contributed by atoms with van der Waals surface area (Å²) < 4.78 is 33.0. The summed E-state index contributed by atoms with van der Waals surface area (Å²) in [6, 6.07) is 20.2. The second-order valence-electron chi connectivity index (χ2n) is 6.89. The van der Waals surface area contributed by atoms with Crippen molar-refractivity contribution in [1.82, 2.24) is 5.32 Å². The molecule has 6 nitrogen and oxygen atoms in total. The van der Waals surface area contributed by atoms with Crippen LogP contribution in [0.1, 0.15) is 34.5 Å². The number of nitrogens with one attached hydrogen (secondary N) is 2. The molecule has 7 heteroatoms. The number of aryl methyl sites for hydroxylation is 1. The topological polar surface area (TPSA) is 84.5 Å². The molecule has 1 amide bonds. The molecule has 0 bridgehead atoms. The van der Waals surface area contributed by atoms with E-state index in [1.165, 1.54) is 12.1 Å². The lowest BCUT2D eigenvalue weighted by atomic mass is 10.1. The van der Waals surface area contributed by atoms with E-state index in [-0.39, 0.29) is 16.8 Å². The number of hydrogen-bond donors (Lipinski definition) is 2. The lowest BCUT2D eigenvalue weighted by Gasteiger charge is -2.18. The number of carbonyl (C=O) groups excluding carboxylic acids is 1. The monoisotopic (exact) mass is 424 g/mol. The molecule has 0 fully saturated rings. The molecule has 0 aliphatic heterocycles. The smallest absolute Gasteiger partial charge is 0.261 e. The molecule has 1 atom stereocenters. The number of amides is 1. The molecule has 0 aliphatic rings. The fraction of sp³-hybridized carbons (Fsp3) is 0.174. The summed E-state index contributed by atoms with van der Waals surface area (Å²) in [5.74, 6) is 0.445. The van der Waals surface area contributed by atoms with Crippen molar-refractivity contribution in [2.45, 2.75) is 24.8 Å². The van der Waals surface area contributed by atoms with Crippen LogP contribution in [0, 0.1) is 6.92 Å². The predicted octanol–water partition coefficient (Wildman–Crippen LogP) is 4.30. The SMILES string of the molecule is COc1ccccc1[C@H](C)NC(=O)c1ccc(NS(=O)(=O)c2ccccc2)c(C)c1. The molecule has 0 spiro atoms. The molecule has 2 N–H and O–H groups in total. The third kappa shape index (κ3) is 4.80. The van der Waals surface area contributed by atoms with Crippen LogP contribution < -0.4 is 14.8 Å². The summed E-state index contributed by atoms with van der Waals surface area (Å²) in [4.78, 5) is 12.9. The minimum atomic E-state index is -3.70. The fourth-order valence-corrected chi connectivity index (χ4v) is 4.26. The van der Waals surface area contributed by atoms with Gasteiger partial charge in [-0.1, -0.05) is 36.4 Å². The highest BCUT2D eigenvalue weighted by Gasteiger charge is 2.18. The van der Waals surface area contributed by atoms with Gasteiger partial charge in [0.25, 0.3) is 15.9 Å². The second kappa shape index (κ2) is 9.00. The van der Waals surface area contributed by atoms with Crippen molar-refractivity contribution in [3.63, 3.8) is 0 Å². The minimum absolute atomic E-state index is 0.178. The van der Waals surface area contributed by atoms with Gasteiger partial charge in [0.2, 0.25) is 0 Å². The van der Waals surface area contributed by atoms with E-state index in [1.54, 1.807) is 50.4 Å². The standard InChI is InChI=1S/C23H24N2O4S/c1-16-15-18(23(26)24-17(2)20-11-7-8-12-22(20)29-3)13-14-21(16)25-30(27,28)19-9-5-4-6-10-19/h4-15,17,25H,1-3H3,(H,24,26)/t17-/m0/s1. The maximum Gasteiger partial charge on any atom is 0.261 e. The Morgan fingerprint density at radius 1 is 0.967 bits per heavy atom. The van der Waals surface area contributed by atoms with Crippen LogP contribution in [0.25, 0.3) is 0 Å². The van der Waals surface area contributed by atoms with Gasteiger partial charge < -0.3 is 10.1 Å². The van der Waals surface area contributed by atoms with E-state index in [9.17, 15) is 13.2 Å². The predicted molar refractivity (Wildman–Crippen MR) is 117 cm³/mol. The van der Waals surface area contributed by atoms with E-state index < -0.39 is 10.0 Å². The average molecular weight is 425 g/mol. The molecule has 0 aliphatic carbocycles. The second-order valence-corrected chi connectivity index (χ2v) is 8.57. The molecule has 0 saturated heterocycles. The molecule has 0 aromatic heterocycles. The number of sulfonamides is 1. The van der Waals surface area contributed by atoms with Crippen LogP contribution >= 0.6 is 0 Å². The maximum atomic E-state index is 12.7. The first-order chi connectivity index (χ1) is 14.3. The third-order valence-corrected chi connectivity index (χ3v) is 6.12. The highest BCUT2D eigenvalue weighted by molar-refractivity contribution is 7.92. The largest absolute Gasteiger partial charge is 0.496 e. The maximum absolute atomic E-state index is 12.7. The first-order valence-electron chi connectivity index (χ1n) is 9.44. The molecule has 0 radical (unpaired) electrons. The molecule has 0 heterocycles. The number of carbonyl (C=O) groups is 1. The molecule has 3 aromatic carbocycles. The van der Waals surface area contributed by atoms with Crippen LogP contribution in [0.4, 0.5) is 5.69 Å². The van der Waals surface area contributed by atoms with Crippen LogP contribution in [0.15, 0.2) is 77.7 Å². The van der Waals surface area contributed by atoms with Crippen molar-refractivity contribution in [1.29, 1.82) is 0 Å². The van der Waals surface area contributed by atoms with Gasteiger partial charge in [-0.05, 0) is 55.8 Å². The van der Waals surface area contributed by atoms with Gasteiger partial charge in [-0.25, -0.2) is 8.42 Å². The number of anilines is 1. The summed E-state index contributed by atoms with van der Waals surface area (Å²) in [6.45, 7) is 3.63. The summed E-state index contributed by atoms with van der Waals surface area (Å²) in [5.41, 5.74) is 2.38. The Morgan fingerprint density at radius 3 is 2.30 bits per heavy atom. The van der Waals surface area contributed by atoms with Crippen molar-refractivity contribution in [2.24, 2.45) is 0 Å². The number of methoxy groups -OCH3 is 1. The van der Waals surface area contributed by atoms with Gasteiger partial charge in [0.15, 0.2) is 0 Å². The zero-order valence-corrected chi connectivity index (χ0v) is 17.9. The Labute approximate surface area is 177 Å². The Bertz CT molecular complexity index is 1140. The average Bonchev–Trinajstić information content (AvgIpc) is 2.75. The van der Waals surface area contributed by atoms with Gasteiger partial charge in [-0.3, -0.25) is 9.52 Å². The van der Waals surface area contributed by atoms with Gasteiger partial charge in [0.05, 0.1) is 23.7 Å². The third-order valence-electron chi connectivity index (χ3n) is 4.74. The lowest BCUT2D eigenvalue weighted by Crippen LogP contribution is -2.27. The Hall–Kier alpha value is -3.32. The first-order valence-corrected chi connectivity index (χ1v) is 10.9. The molecule has 30 heavy (non-hydrogen) atoms. The van der Waals surface area contributed by atoms with Crippen LogP contribution in [-0.4, -0.2) is 21.4 Å². The van der Waals surface area contributed by atoms with Crippen molar-refractivity contribution in [2.75, 3.05) is 11.8 Å². The lowest BCUT2D eigenvalue weighted by molar-refractivity contribution is 0.0939.